The van der Waals surface area contributed by atoms with Gasteiger partial charge >= 0.3 is 0 Å². The Bertz CT molecular complexity index is 3150. The minimum Gasteiger partial charge on any atom is -0.456 e. The summed E-state index contributed by atoms with van der Waals surface area (Å²) >= 11 is 0. The number of nitrogens with zero attached hydrogens (tertiary/aromatic N) is 4. The average molecular weight is 707 g/mol. The van der Waals surface area contributed by atoms with Crippen molar-refractivity contribution in [2.45, 2.75) is 0 Å². The van der Waals surface area contributed by atoms with Crippen LogP contribution in [0.15, 0.2) is 191 Å². The van der Waals surface area contributed by atoms with Crippen LogP contribution in [0.4, 0.5) is 17.1 Å². The summed E-state index contributed by atoms with van der Waals surface area (Å²) in [5.74, 6) is 1.79. The molecule has 6 nitrogen and oxygen atoms in total. The van der Waals surface area contributed by atoms with E-state index in [2.05, 4.69) is 89.8 Å². The Morgan fingerprint density at radius 1 is 0.364 bits per heavy atom. The molecule has 6 heteroatoms. The summed E-state index contributed by atoms with van der Waals surface area (Å²) in [5.41, 5.74) is 8.98. The van der Waals surface area contributed by atoms with Crippen molar-refractivity contribution < 1.29 is 8.83 Å². The van der Waals surface area contributed by atoms with Crippen molar-refractivity contribution in [1.29, 1.82) is 0 Å². The molecule has 0 fully saturated rings. The molecule has 0 bridgehead atoms. The fraction of sp³-hybridized carbons (Fsp3) is 0. The molecule has 0 saturated heterocycles. The van der Waals surface area contributed by atoms with E-state index < -0.39 is 0 Å². The van der Waals surface area contributed by atoms with Gasteiger partial charge in [-0.25, -0.2) is 15.0 Å². The predicted octanol–water partition coefficient (Wildman–Crippen LogP) is 13.3. The topological polar surface area (TPSA) is 68.2 Å². The second-order valence-electron chi connectivity index (χ2n) is 13.6. The van der Waals surface area contributed by atoms with E-state index in [1.165, 1.54) is 0 Å². The molecule has 0 spiro atoms. The Labute approximate surface area is 315 Å². The van der Waals surface area contributed by atoms with Gasteiger partial charge in [0.25, 0.3) is 0 Å². The van der Waals surface area contributed by atoms with Gasteiger partial charge in [-0.1, -0.05) is 133 Å². The number of benzene rings is 8. The highest BCUT2D eigenvalue weighted by molar-refractivity contribution is 6.22. The molecule has 0 amide bonds. The molecular weight excluding hydrogens is 677 g/mol. The van der Waals surface area contributed by atoms with E-state index in [4.69, 9.17) is 23.8 Å². The zero-order valence-electron chi connectivity index (χ0n) is 29.4. The van der Waals surface area contributed by atoms with Gasteiger partial charge in [0.15, 0.2) is 17.5 Å². The quantitative estimate of drug-likeness (QED) is 0.171. The first kappa shape index (κ1) is 31.0. The van der Waals surface area contributed by atoms with Crippen LogP contribution in [0.3, 0.4) is 0 Å². The van der Waals surface area contributed by atoms with Crippen LogP contribution in [-0.4, -0.2) is 15.0 Å². The van der Waals surface area contributed by atoms with Crippen molar-refractivity contribution in [1.82, 2.24) is 15.0 Å². The van der Waals surface area contributed by atoms with Crippen molar-refractivity contribution in [3.05, 3.63) is 182 Å². The van der Waals surface area contributed by atoms with Crippen molar-refractivity contribution in [2.75, 3.05) is 4.90 Å². The van der Waals surface area contributed by atoms with E-state index in [0.29, 0.717) is 17.5 Å². The van der Waals surface area contributed by atoms with Gasteiger partial charge < -0.3 is 13.7 Å². The Hall–Kier alpha value is -7.57. The Balaban J connectivity index is 1.19. The number of furan rings is 2. The number of fused-ring (bicyclic) bond motifs is 8. The highest BCUT2D eigenvalue weighted by atomic mass is 16.3. The summed E-state index contributed by atoms with van der Waals surface area (Å²) < 4.78 is 13.2. The smallest absolute Gasteiger partial charge is 0.164 e. The summed E-state index contributed by atoms with van der Waals surface area (Å²) in [5, 5.41) is 6.15. The van der Waals surface area contributed by atoms with Crippen molar-refractivity contribution >= 4 is 71.7 Å². The van der Waals surface area contributed by atoms with E-state index >= 15 is 0 Å². The molecule has 3 aromatic heterocycles. The monoisotopic (exact) mass is 706 g/mol. The lowest BCUT2D eigenvalue weighted by atomic mass is 9.99. The van der Waals surface area contributed by atoms with Crippen LogP contribution in [0, 0.1) is 0 Å². The van der Waals surface area contributed by atoms with Crippen molar-refractivity contribution in [3.63, 3.8) is 0 Å². The van der Waals surface area contributed by atoms with E-state index in [-0.39, 0.29) is 0 Å². The van der Waals surface area contributed by atoms with Crippen LogP contribution < -0.4 is 4.90 Å². The molecule has 0 unspecified atom stereocenters. The van der Waals surface area contributed by atoms with E-state index in [0.717, 1.165) is 88.4 Å². The molecule has 0 aliphatic heterocycles. The Kier molecular flexibility index (Phi) is 7.07. The molecule has 3 heterocycles. The summed E-state index contributed by atoms with van der Waals surface area (Å²) in [7, 11) is 0. The van der Waals surface area contributed by atoms with Crippen molar-refractivity contribution in [2.24, 2.45) is 0 Å². The van der Waals surface area contributed by atoms with Crippen LogP contribution in [-0.2, 0) is 0 Å². The minimum atomic E-state index is 0.575. The maximum Gasteiger partial charge on any atom is 0.164 e. The number of hydrogen-bond donors (Lipinski definition) is 0. The largest absolute Gasteiger partial charge is 0.456 e. The first-order valence-electron chi connectivity index (χ1n) is 18.3. The lowest BCUT2D eigenvalue weighted by molar-refractivity contribution is 0.669. The fourth-order valence-electron chi connectivity index (χ4n) is 7.79. The van der Waals surface area contributed by atoms with Gasteiger partial charge in [0.1, 0.15) is 22.3 Å². The van der Waals surface area contributed by atoms with Gasteiger partial charge in [0, 0.05) is 66.4 Å². The molecule has 258 valence electrons. The molecule has 0 aliphatic carbocycles. The molecule has 55 heavy (non-hydrogen) atoms. The van der Waals surface area contributed by atoms with Gasteiger partial charge in [0.2, 0.25) is 0 Å². The van der Waals surface area contributed by atoms with Crippen LogP contribution in [0.25, 0.3) is 88.8 Å². The second-order valence-corrected chi connectivity index (χ2v) is 13.6. The van der Waals surface area contributed by atoms with Gasteiger partial charge in [-0.2, -0.15) is 0 Å². The Morgan fingerprint density at radius 2 is 0.945 bits per heavy atom. The Morgan fingerprint density at radius 3 is 1.67 bits per heavy atom. The van der Waals surface area contributed by atoms with Crippen LogP contribution in [0.1, 0.15) is 0 Å². The zero-order valence-corrected chi connectivity index (χ0v) is 29.4. The third-order valence-electron chi connectivity index (χ3n) is 10.3. The normalized spacial score (nSPS) is 11.6. The molecule has 0 N–H and O–H groups in total. The molecular formula is C49H30N4O2. The average Bonchev–Trinajstić information content (AvgIpc) is 3.83. The third kappa shape index (κ3) is 5.15. The highest BCUT2D eigenvalue weighted by Gasteiger charge is 2.23. The van der Waals surface area contributed by atoms with E-state index in [1.807, 2.05) is 97.1 Å². The van der Waals surface area contributed by atoms with Gasteiger partial charge in [0.05, 0.1) is 5.69 Å². The fourth-order valence-corrected chi connectivity index (χ4v) is 7.79. The molecule has 0 aliphatic rings. The number of anilines is 3. The molecule has 11 rings (SSSR count). The van der Waals surface area contributed by atoms with Crippen molar-refractivity contribution in [3.8, 4) is 34.2 Å². The maximum atomic E-state index is 6.79. The number of para-hydroxylation sites is 2. The molecule has 0 atom stereocenters. The minimum absolute atomic E-state index is 0.575. The zero-order chi connectivity index (χ0) is 36.3. The second kappa shape index (κ2) is 12.5. The lowest BCUT2D eigenvalue weighted by Crippen LogP contribution is -2.10. The van der Waals surface area contributed by atoms with E-state index in [1.54, 1.807) is 0 Å². The molecule has 11 aromatic rings. The lowest BCUT2D eigenvalue weighted by Gasteiger charge is -2.27. The summed E-state index contributed by atoms with van der Waals surface area (Å²) in [4.78, 5) is 17.5. The van der Waals surface area contributed by atoms with Gasteiger partial charge in [-0.05, 0) is 42.5 Å². The highest BCUT2D eigenvalue weighted by Crippen LogP contribution is 2.47. The number of hydrogen-bond acceptors (Lipinski definition) is 6. The SMILES string of the molecule is c1ccc(-c2nc(-c3ccccc3)nc(-c3cccc4oc5c6ccccc6c(N(c6ccccc6)c6ccc7c(c6)oc6ccccc67)cc5c34)n2)cc1. The third-order valence-corrected chi connectivity index (χ3v) is 10.3. The van der Waals surface area contributed by atoms with Crippen LogP contribution in [0.2, 0.25) is 0 Å². The van der Waals surface area contributed by atoms with Gasteiger partial charge in [-0.15, -0.1) is 0 Å². The van der Waals surface area contributed by atoms with Crippen LogP contribution >= 0.6 is 0 Å². The molecule has 0 saturated carbocycles. The predicted molar refractivity (Wildman–Crippen MR) is 223 cm³/mol. The molecule has 0 radical (unpaired) electrons. The van der Waals surface area contributed by atoms with E-state index in [9.17, 15) is 0 Å². The van der Waals surface area contributed by atoms with Crippen LogP contribution in [0.5, 0.6) is 0 Å². The number of aromatic nitrogens is 3. The summed E-state index contributed by atoms with van der Waals surface area (Å²) in [6.07, 6.45) is 0. The maximum absolute atomic E-state index is 6.79. The number of rotatable bonds is 6. The first-order valence-corrected chi connectivity index (χ1v) is 18.3. The summed E-state index contributed by atoms with van der Waals surface area (Å²) in [6.45, 7) is 0. The molecule has 8 aromatic carbocycles. The standard InChI is InChI=1S/C49H30N4O2/c1-4-15-31(16-5-1)47-50-48(32-17-6-2-7-18-32)52-49(51-47)39-24-14-26-43-45(39)40-30-41(35-21-10-11-23-38(35)46(40)55-43)53(33-19-8-3-9-20-33)34-27-28-37-36-22-12-13-25-42(36)54-44(37)29-34/h1-30H. The summed E-state index contributed by atoms with van der Waals surface area (Å²) in [6, 6.07) is 62.1. The van der Waals surface area contributed by atoms with Gasteiger partial charge in [-0.3, -0.25) is 0 Å². The first-order chi connectivity index (χ1) is 27.3.